The van der Waals surface area contributed by atoms with Gasteiger partial charge in [-0.1, -0.05) is 36.4 Å². The van der Waals surface area contributed by atoms with Crippen LogP contribution in [0.5, 0.6) is 0 Å². The summed E-state index contributed by atoms with van der Waals surface area (Å²) in [6.45, 7) is 0. The van der Waals surface area contributed by atoms with Crippen LogP contribution in [0.3, 0.4) is 0 Å². The van der Waals surface area contributed by atoms with E-state index in [1.807, 2.05) is 6.08 Å². The number of allylic oxidation sites excluding steroid dienone is 1. The summed E-state index contributed by atoms with van der Waals surface area (Å²) < 4.78 is 0. The normalized spacial score (nSPS) is 16.7. The van der Waals surface area contributed by atoms with Crippen molar-refractivity contribution in [2.24, 2.45) is 0 Å². The maximum Gasteiger partial charge on any atom is 0.0407 e. The highest BCUT2D eigenvalue weighted by molar-refractivity contribution is 6.19. The second kappa shape index (κ2) is 3.97. The number of rotatable bonds is 3. The van der Waals surface area contributed by atoms with Gasteiger partial charge in [0.2, 0.25) is 0 Å². The average molecular weight is 193 g/mol. The Balaban J connectivity index is 2.08. The highest BCUT2D eigenvalue weighted by Gasteiger charge is 2.22. The number of halogens is 1. The van der Waals surface area contributed by atoms with Crippen molar-refractivity contribution in [2.45, 2.75) is 18.8 Å². The van der Waals surface area contributed by atoms with Gasteiger partial charge in [-0.2, -0.15) is 0 Å². The lowest BCUT2D eigenvalue weighted by molar-refractivity contribution is 1.13. The third kappa shape index (κ3) is 2.35. The molecule has 0 amide bonds. The van der Waals surface area contributed by atoms with Crippen LogP contribution in [0.2, 0.25) is 0 Å². The molecular formula is C12H13Cl. The molecule has 0 aliphatic heterocycles. The van der Waals surface area contributed by atoms with Crippen molar-refractivity contribution in [1.29, 1.82) is 0 Å². The molecule has 0 spiro atoms. The van der Waals surface area contributed by atoms with Crippen molar-refractivity contribution < 1.29 is 0 Å². The molecule has 0 bridgehead atoms. The Bertz CT molecular complexity index is 293. The van der Waals surface area contributed by atoms with Gasteiger partial charge in [0, 0.05) is 5.88 Å². The molecule has 1 aliphatic rings. The molecule has 1 aliphatic carbocycles. The molecule has 68 valence electrons. The van der Waals surface area contributed by atoms with Crippen LogP contribution in [0.4, 0.5) is 0 Å². The van der Waals surface area contributed by atoms with Gasteiger partial charge >= 0.3 is 0 Å². The van der Waals surface area contributed by atoms with Gasteiger partial charge in [0.05, 0.1) is 0 Å². The Morgan fingerprint density at radius 3 is 2.46 bits per heavy atom. The van der Waals surface area contributed by atoms with Crippen LogP contribution in [0.25, 0.3) is 6.08 Å². The smallest absolute Gasteiger partial charge is 0.0407 e. The molecule has 13 heavy (non-hydrogen) atoms. The highest BCUT2D eigenvalue weighted by Crippen LogP contribution is 2.39. The Labute approximate surface area is 84.2 Å². The molecule has 0 radical (unpaired) electrons. The number of hydrogen-bond donors (Lipinski definition) is 0. The molecule has 1 aromatic rings. The first-order chi connectivity index (χ1) is 6.40. The third-order valence-electron chi connectivity index (χ3n) is 2.38. The fourth-order valence-electron chi connectivity index (χ4n) is 1.48. The lowest BCUT2D eigenvalue weighted by Gasteiger charge is -1.97. The standard InChI is InChI=1S/C12H13Cl/c13-9-1-2-10-3-5-11(6-4-10)12-7-8-12/h1-6,12H,7-9H2. The number of alkyl halides is 1. The van der Waals surface area contributed by atoms with Crippen molar-refractivity contribution >= 4 is 17.7 Å². The van der Waals surface area contributed by atoms with Crippen LogP contribution < -0.4 is 0 Å². The molecule has 1 heteroatoms. The van der Waals surface area contributed by atoms with Gasteiger partial charge < -0.3 is 0 Å². The predicted octanol–water partition coefficient (Wildman–Crippen LogP) is 3.82. The second-order valence-corrected chi connectivity index (χ2v) is 3.81. The van der Waals surface area contributed by atoms with E-state index in [-0.39, 0.29) is 0 Å². The van der Waals surface area contributed by atoms with E-state index in [4.69, 9.17) is 11.6 Å². The Morgan fingerprint density at radius 1 is 1.23 bits per heavy atom. The summed E-state index contributed by atoms with van der Waals surface area (Å²) in [6.07, 6.45) is 6.77. The molecule has 0 atom stereocenters. The first-order valence-electron chi connectivity index (χ1n) is 4.72. The Kier molecular flexibility index (Phi) is 2.70. The molecule has 1 aromatic carbocycles. The first kappa shape index (κ1) is 8.83. The fourth-order valence-corrected chi connectivity index (χ4v) is 1.57. The summed E-state index contributed by atoms with van der Waals surface area (Å²) in [5, 5.41) is 0. The van der Waals surface area contributed by atoms with Crippen LogP contribution in [0.1, 0.15) is 29.9 Å². The lowest BCUT2D eigenvalue weighted by atomic mass is 10.1. The van der Waals surface area contributed by atoms with Gasteiger partial charge in [-0.05, 0) is 29.9 Å². The van der Waals surface area contributed by atoms with Gasteiger partial charge in [0.15, 0.2) is 0 Å². The minimum Gasteiger partial charge on any atom is -0.122 e. The number of benzene rings is 1. The van der Waals surface area contributed by atoms with E-state index in [9.17, 15) is 0 Å². The summed E-state index contributed by atoms with van der Waals surface area (Å²) in [6, 6.07) is 8.78. The second-order valence-electron chi connectivity index (χ2n) is 3.50. The van der Waals surface area contributed by atoms with E-state index in [0.717, 1.165) is 5.92 Å². The Hall–Kier alpha value is -0.750. The van der Waals surface area contributed by atoms with Gasteiger partial charge in [-0.15, -0.1) is 11.6 Å². The molecule has 0 aromatic heterocycles. The molecule has 0 N–H and O–H groups in total. The van der Waals surface area contributed by atoms with E-state index in [1.165, 1.54) is 24.0 Å². The molecule has 1 saturated carbocycles. The van der Waals surface area contributed by atoms with E-state index >= 15 is 0 Å². The van der Waals surface area contributed by atoms with Crippen LogP contribution in [0, 0.1) is 0 Å². The minimum absolute atomic E-state index is 0.588. The zero-order valence-electron chi connectivity index (χ0n) is 7.54. The molecule has 0 nitrogen and oxygen atoms in total. The van der Waals surface area contributed by atoms with Crippen LogP contribution >= 0.6 is 11.6 Å². The van der Waals surface area contributed by atoms with Gasteiger partial charge in [0.25, 0.3) is 0 Å². The fraction of sp³-hybridized carbons (Fsp3) is 0.333. The van der Waals surface area contributed by atoms with Crippen LogP contribution in [-0.4, -0.2) is 5.88 Å². The lowest BCUT2D eigenvalue weighted by Crippen LogP contribution is -1.78. The molecular weight excluding hydrogens is 180 g/mol. The van der Waals surface area contributed by atoms with E-state index in [1.54, 1.807) is 0 Å². The van der Waals surface area contributed by atoms with E-state index < -0.39 is 0 Å². The maximum atomic E-state index is 5.56. The summed E-state index contributed by atoms with van der Waals surface area (Å²) in [5.74, 6) is 1.44. The molecule has 0 heterocycles. The summed E-state index contributed by atoms with van der Waals surface area (Å²) in [4.78, 5) is 0. The summed E-state index contributed by atoms with van der Waals surface area (Å²) in [7, 11) is 0. The van der Waals surface area contributed by atoms with E-state index in [2.05, 4.69) is 30.3 Å². The van der Waals surface area contributed by atoms with E-state index in [0.29, 0.717) is 5.88 Å². The van der Waals surface area contributed by atoms with Crippen LogP contribution in [-0.2, 0) is 0 Å². The SMILES string of the molecule is ClCC=Cc1ccc(C2CC2)cc1. The zero-order chi connectivity index (χ0) is 9.10. The molecule has 0 unspecified atom stereocenters. The number of hydrogen-bond acceptors (Lipinski definition) is 0. The molecule has 1 fully saturated rings. The quantitative estimate of drug-likeness (QED) is 0.639. The van der Waals surface area contributed by atoms with Crippen molar-refractivity contribution in [2.75, 3.05) is 5.88 Å². The van der Waals surface area contributed by atoms with Gasteiger partial charge in [-0.25, -0.2) is 0 Å². The molecule has 0 saturated heterocycles. The third-order valence-corrected chi connectivity index (χ3v) is 2.56. The van der Waals surface area contributed by atoms with Crippen molar-refractivity contribution in [3.8, 4) is 0 Å². The van der Waals surface area contributed by atoms with Crippen molar-refractivity contribution in [1.82, 2.24) is 0 Å². The maximum absolute atomic E-state index is 5.56. The van der Waals surface area contributed by atoms with Crippen molar-refractivity contribution in [3.05, 3.63) is 41.5 Å². The highest BCUT2D eigenvalue weighted by atomic mass is 35.5. The summed E-state index contributed by atoms with van der Waals surface area (Å²) >= 11 is 5.56. The van der Waals surface area contributed by atoms with Gasteiger partial charge in [-0.3, -0.25) is 0 Å². The largest absolute Gasteiger partial charge is 0.122 e. The predicted molar refractivity (Wildman–Crippen MR) is 58.2 cm³/mol. The molecule has 2 rings (SSSR count). The average Bonchev–Trinajstić information content (AvgIpc) is 2.99. The Morgan fingerprint density at radius 2 is 1.92 bits per heavy atom. The van der Waals surface area contributed by atoms with Gasteiger partial charge in [0.1, 0.15) is 0 Å². The minimum atomic E-state index is 0.588. The topological polar surface area (TPSA) is 0 Å². The first-order valence-corrected chi connectivity index (χ1v) is 5.26. The monoisotopic (exact) mass is 192 g/mol. The van der Waals surface area contributed by atoms with Crippen molar-refractivity contribution in [3.63, 3.8) is 0 Å². The summed E-state index contributed by atoms with van der Waals surface area (Å²) in [5.41, 5.74) is 2.73. The zero-order valence-corrected chi connectivity index (χ0v) is 8.30. The van der Waals surface area contributed by atoms with Crippen LogP contribution in [0.15, 0.2) is 30.3 Å².